The Morgan fingerprint density at radius 2 is 1.64 bits per heavy atom. The van der Waals surface area contributed by atoms with E-state index >= 15 is 0 Å². The Labute approximate surface area is 73.7 Å². The van der Waals surface area contributed by atoms with Crippen molar-refractivity contribution in [1.29, 1.82) is 0 Å². The summed E-state index contributed by atoms with van der Waals surface area (Å²) in [5.41, 5.74) is 3.63. The monoisotopic (exact) mass is 174 g/mol. The first-order chi connectivity index (χ1) is 4.90. The van der Waals surface area contributed by atoms with Gasteiger partial charge in [0.1, 0.15) is 0 Å². The van der Waals surface area contributed by atoms with Gasteiger partial charge in [0.2, 0.25) is 0 Å². The zero-order chi connectivity index (χ0) is 6.55. The molecule has 1 saturated carbocycles. The van der Waals surface area contributed by atoms with Gasteiger partial charge in [0.25, 0.3) is 0 Å². The lowest BCUT2D eigenvalue weighted by atomic mass is 9.74. The van der Waals surface area contributed by atoms with Crippen molar-refractivity contribution < 1.29 is 17.4 Å². The summed E-state index contributed by atoms with van der Waals surface area (Å²) in [5, 5.41) is 1.68. The van der Waals surface area contributed by atoms with E-state index in [0.29, 0.717) is 0 Å². The number of piperidine rings is 1. The molecule has 0 aromatic carbocycles. The van der Waals surface area contributed by atoms with Crippen LogP contribution in [0.4, 0.5) is 0 Å². The molecule has 2 atom stereocenters. The highest BCUT2D eigenvalue weighted by atomic mass is 35.5. The van der Waals surface area contributed by atoms with Crippen LogP contribution in [0.3, 0.4) is 0 Å². The Kier molecular flexibility index (Phi) is 1.86. The Bertz CT molecular complexity index is 104. The van der Waals surface area contributed by atoms with Crippen LogP contribution in [0.1, 0.15) is 19.3 Å². The minimum atomic E-state index is 0. The van der Waals surface area contributed by atoms with Crippen molar-refractivity contribution in [2.45, 2.75) is 25.3 Å². The van der Waals surface area contributed by atoms with Gasteiger partial charge in [-0.05, 0) is 19.3 Å². The topological polar surface area (TPSA) is 16.5 Å². The second-order valence-electron chi connectivity index (χ2n) is 4.29. The van der Waals surface area contributed by atoms with E-state index in [2.05, 4.69) is 5.43 Å². The minimum absolute atomic E-state index is 0. The summed E-state index contributed by atoms with van der Waals surface area (Å²) in [6.45, 7) is 2.82. The highest BCUT2D eigenvalue weighted by Gasteiger charge is 2.43. The van der Waals surface area contributed by atoms with Crippen molar-refractivity contribution in [2.24, 2.45) is 11.8 Å². The zero-order valence-corrected chi connectivity index (χ0v) is 7.40. The molecule has 0 spiro atoms. The van der Waals surface area contributed by atoms with Gasteiger partial charge in [0.15, 0.2) is 0 Å². The molecule has 0 aromatic rings. The van der Waals surface area contributed by atoms with Gasteiger partial charge in [-0.1, -0.05) is 0 Å². The number of hydrogen-bond acceptors (Lipinski definition) is 1. The lowest BCUT2D eigenvalue weighted by molar-refractivity contribution is -0.972. The molecule has 3 aliphatic heterocycles. The summed E-state index contributed by atoms with van der Waals surface area (Å²) in [4.78, 5) is 0. The number of quaternary nitrogens is 1. The first kappa shape index (κ1) is 7.84. The zero-order valence-electron chi connectivity index (χ0n) is 6.65. The summed E-state index contributed by atoms with van der Waals surface area (Å²) in [6.07, 6.45) is 4.49. The lowest BCUT2D eigenvalue weighted by Gasteiger charge is -2.48. The van der Waals surface area contributed by atoms with Gasteiger partial charge in [-0.25, -0.2) is 0 Å². The van der Waals surface area contributed by atoms with Gasteiger partial charge in [-0.15, -0.1) is 0 Å². The van der Waals surface area contributed by atoms with Crippen LogP contribution in [-0.2, 0) is 0 Å². The molecule has 4 rings (SSSR count). The van der Waals surface area contributed by atoms with Gasteiger partial charge in [0.05, 0.1) is 19.1 Å². The van der Waals surface area contributed by atoms with E-state index in [-0.39, 0.29) is 12.4 Å². The van der Waals surface area contributed by atoms with Gasteiger partial charge in [0, 0.05) is 11.8 Å². The van der Waals surface area contributed by atoms with Crippen LogP contribution in [0.25, 0.3) is 0 Å². The van der Waals surface area contributed by atoms with E-state index in [0.717, 1.165) is 17.9 Å². The van der Waals surface area contributed by atoms with Gasteiger partial charge in [-0.2, -0.15) is 5.43 Å². The maximum atomic E-state index is 3.63. The Morgan fingerprint density at radius 3 is 2.09 bits per heavy atom. The van der Waals surface area contributed by atoms with Crippen molar-refractivity contribution in [3.63, 3.8) is 0 Å². The molecular formula is C8H15ClN2. The quantitative estimate of drug-likeness (QED) is 0.385. The van der Waals surface area contributed by atoms with Gasteiger partial charge >= 0.3 is 0 Å². The molecule has 2 nitrogen and oxygen atoms in total. The second kappa shape index (κ2) is 2.61. The molecule has 0 radical (unpaired) electrons. The van der Waals surface area contributed by atoms with E-state index in [4.69, 9.17) is 0 Å². The standard InChI is InChI=1S/C8H14N2.ClH/c1-6-2-8-3-7(1)5-10(4-6)9-8;/h6-9H,1-5H2;1H. The minimum Gasteiger partial charge on any atom is -1.00 e. The third-order valence-corrected chi connectivity index (χ3v) is 3.38. The molecule has 1 aliphatic carbocycles. The summed E-state index contributed by atoms with van der Waals surface area (Å²) < 4.78 is 0. The number of hydrogen-bond donors (Lipinski definition) is 2. The second-order valence-corrected chi connectivity index (χ2v) is 4.29. The number of nitrogens with one attached hydrogen (secondary N) is 2. The summed E-state index contributed by atoms with van der Waals surface area (Å²) in [7, 11) is 0. The Morgan fingerprint density at radius 1 is 1.00 bits per heavy atom. The third-order valence-electron chi connectivity index (χ3n) is 3.38. The SMILES string of the molecule is C1C2CC3CC1C[NH+](C2)N3.[Cl-]. The van der Waals surface area contributed by atoms with Crippen molar-refractivity contribution >= 4 is 0 Å². The van der Waals surface area contributed by atoms with Gasteiger partial charge < -0.3 is 12.4 Å². The molecule has 64 valence electrons. The molecule has 3 heteroatoms. The fourth-order valence-electron chi connectivity index (χ4n) is 3.20. The molecule has 11 heavy (non-hydrogen) atoms. The smallest absolute Gasteiger partial charge is 0.0975 e. The van der Waals surface area contributed by atoms with Crippen LogP contribution in [-0.4, -0.2) is 19.1 Å². The predicted molar refractivity (Wildman–Crippen MR) is 38.5 cm³/mol. The van der Waals surface area contributed by atoms with Crippen LogP contribution < -0.4 is 22.8 Å². The van der Waals surface area contributed by atoms with Gasteiger partial charge in [-0.3, -0.25) is 5.01 Å². The maximum absolute atomic E-state index is 3.63. The predicted octanol–water partition coefficient (Wildman–Crippen LogP) is -3.81. The molecule has 0 aromatic heterocycles. The molecule has 4 aliphatic rings. The van der Waals surface area contributed by atoms with E-state index in [1.807, 2.05) is 0 Å². The highest BCUT2D eigenvalue weighted by Crippen LogP contribution is 2.31. The third kappa shape index (κ3) is 1.17. The van der Waals surface area contributed by atoms with Crippen LogP contribution in [0.5, 0.6) is 0 Å². The van der Waals surface area contributed by atoms with E-state index in [1.54, 1.807) is 11.4 Å². The van der Waals surface area contributed by atoms with Crippen molar-refractivity contribution in [2.75, 3.05) is 13.1 Å². The molecule has 2 N–H and O–H groups in total. The first-order valence-electron chi connectivity index (χ1n) is 4.51. The molecule has 3 saturated heterocycles. The average Bonchev–Trinajstić information content (AvgIpc) is 1.82. The highest BCUT2D eigenvalue weighted by molar-refractivity contribution is 4.86. The van der Waals surface area contributed by atoms with E-state index in [9.17, 15) is 0 Å². The molecule has 3 heterocycles. The summed E-state index contributed by atoms with van der Waals surface area (Å²) >= 11 is 0. The van der Waals surface area contributed by atoms with Crippen LogP contribution in [0.15, 0.2) is 0 Å². The average molecular weight is 175 g/mol. The Balaban J connectivity index is 0.000000480. The fourth-order valence-corrected chi connectivity index (χ4v) is 3.20. The van der Waals surface area contributed by atoms with Crippen LogP contribution in [0, 0.1) is 11.8 Å². The van der Waals surface area contributed by atoms with E-state index < -0.39 is 0 Å². The van der Waals surface area contributed by atoms with Crippen molar-refractivity contribution in [3.8, 4) is 0 Å². The summed E-state index contributed by atoms with van der Waals surface area (Å²) in [6, 6.07) is 0.890. The number of rotatable bonds is 0. The molecule has 0 amide bonds. The molecule has 4 bridgehead atoms. The molecule has 4 fully saturated rings. The van der Waals surface area contributed by atoms with Crippen LogP contribution >= 0.6 is 0 Å². The normalized spacial score (nSPS) is 52.4. The molecular weight excluding hydrogens is 160 g/mol. The Hall–Kier alpha value is 0.210. The maximum Gasteiger partial charge on any atom is 0.0975 e. The van der Waals surface area contributed by atoms with Crippen molar-refractivity contribution in [3.05, 3.63) is 0 Å². The van der Waals surface area contributed by atoms with Crippen LogP contribution in [0.2, 0.25) is 0 Å². The summed E-state index contributed by atoms with van der Waals surface area (Å²) in [5.74, 6) is 2.16. The van der Waals surface area contributed by atoms with Crippen molar-refractivity contribution in [1.82, 2.24) is 5.43 Å². The lowest BCUT2D eigenvalue weighted by Crippen LogP contribution is -3.24. The fraction of sp³-hybridized carbons (Fsp3) is 1.00. The number of halogens is 1. The largest absolute Gasteiger partial charge is 1.00 e. The molecule has 2 unspecified atom stereocenters. The van der Waals surface area contributed by atoms with E-state index in [1.165, 1.54) is 25.9 Å². The first-order valence-corrected chi connectivity index (χ1v) is 4.51.